The van der Waals surface area contributed by atoms with Crippen LogP contribution < -0.4 is 9.47 Å². The third-order valence-corrected chi connectivity index (χ3v) is 6.02. The normalized spacial score (nSPS) is 13.4. The van der Waals surface area contributed by atoms with Gasteiger partial charge in [-0.25, -0.2) is 0 Å². The number of fused-ring (bicyclic) bond motifs is 1. The number of aryl methyl sites for hydroxylation is 1. The fourth-order valence-corrected chi connectivity index (χ4v) is 3.75. The molecule has 1 aliphatic rings. The lowest BCUT2D eigenvalue weighted by Gasteiger charge is -2.18. The Morgan fingerprint density at radius 1 is 1.30 bits per heavy atom. The maximum Gasteiger partial charge on any atom is 0.284 e. The van der Waals surface area contributed by atoms with E-state index in [-0.39, 0.29) is 17.2 Å². The second-order valence-electron chi connectivity index (χ2n) is 6.55. The summed E-state index contributed by atoms with van der Waals surface area (Å²) >= 11 is 0. The highest BCUT2D eigenvalue weighted by Gasteiger charge is 2.24. The molecule has 0 fully saturated rings. The van der Waals surface area contributed by atoms with Crippen molar-refractivity contribution < 1.29 is 22.8 Å². The summed E-state index contributed by atoms with van der Waals surface area (Å²) in [6.45, 7) is 3.87. The number of hydrazone groups is 1. The Morgan fingerprint density at radius 3 is 2.63 bits per heavy atom. The standard InChI is InChI=1S/C20H21N3O6S/c1-4-28-19-10-15(9-16-11-17(23(24)25)13-29-20(16)19)12-21-22(3)30(26,27)18-7-5-14(2)6-8-18/h5-12H,4,13H2,1-3H3. The summed E-state index contributed by atoms with van der Waals surface area (Å²) in [5, 5.41) is 15.1. The van der Waals surface area contributed by atoms with E-state index in [1.807, 2.05) is 6.92 Å². The lowest BCUT2D eigenvalue weighted by molar-refractivity contribution is -0.427. The number of nitrogens with zero attached hydrogens (tertiary/aromatic N) is 3. The van der Waals surface area contributed by atoms with E-state index < -0.39 is 14.9 Å². The smallest absolute Gasteiger partial charge is 0.284 e. The highest BCUT2D eigenvalue weighted by molar-refractivity contribution is 7.89. The van der Waals surface area contributed by atoms with E-state index in [4.69, 9.17) is 9.47 Å². The quantitative estimate of drug-likeness (QED) is 0.378. The molecule has 0 atom stereocenters. The van der Waals surface area contributed by atoms with Crippen molar-refractivity contribution in [1.29, 1.82) is 0 Å². The lowest BCUT2D eigenvalue weighted by Crippen LogP contribution is -2.22. The third kappa shape index (κ3) is 4.43. The van der Waals surface area contributed by atoms with Crippen LogP contribution in [-0.4, -0.2) is 44.2 Å². The molecule has 10 heteroatoms. The maximum absolute atomic E-state index is 12.7. The van der Waals surface area contributed by atoms with Gasteiger partial charge in [0.2, 0.25) is 0 Å². The minimum absolute atomic E-state index is 0.0851. The molecule has 0 amide bonds. The van der Waals surface area contributed by atoms with Gasteiger partial charge >= 0.3 is 0 Å². The van der Waals surface area contributed by atoms with E-state index in [1.54, 1.807) is 31.2 Å². The van der Waals surface area contributed by atoms with Crippen LogP contribution in [0.2, 0.25) is 0 Å². The van der Waals surface area contributed by atoms with Gasteiger partial charge in [0.25, 0.3) is 15.7 Å². The second kappa shape index (κ2) is 8.54. The largest absolute Gasteiger partial charge is 0.490 e. The Balaban J connectivity index is 1.93. The average molecular weight is 431 g/mol. The van der Waals surface area contributed by atoms with Crippen LogP contribution in [0.25, 0.3) is 6.08 Å². The average Bonchev–Trinajstić information content (AvgIpc) is 2.72. The van der Waals surface area contributed by atoms with E-state index >= 15 is 0 Å². The van der Waals surface area contributed by atoms with E-state index in [0.717, 1.165) is 9.98 Å². The Morgan fingerprint density at radius 2 is 2.00 bits per heavy atom. The molecule has 30 heavy (non-hydrogen) atoms. The van der Waals surface area contributed by atoms with Crippen molar-refractivity contribution in [3.63, 3.8) is 0 Å². The van der Waals surface area contributed by atoms with Crippen LogP contribution in [0.1, 0.15) is 23.6 Å². The van der Waals surface area contributed by atoms with Crippen LogP contribution in [0.3, 0.4) is 0 Å². The van der Waals surface area contributed by atoms with Crippen molar-refractivity contribution in [3.8, 4) is 11.5 Å². The van der Waals surface area contributed by atoms with Crippen LogP contribution in [-0.2, 0) is 10.0 Å². The molecule has 0 unspecified atom stereocenters. The first-order valence-corrected chi connectivity index (χ1v) is 10.5. The van der Waals surface area contributed by atoms with Gasteiger partial charge in [-0.3, -0.25) is 10.1 Å². The first-order valence-electron chi connectivity index (χ1n) is 9.10. The maximum atomic E-state index is 12.7. The van der Waals surface area contributed by atoms with Gasteiger partial charge in [-0.15, -0.1) is 0 Å². The fourth-order valence-electron chi connectivity index (χ4n) is 2.79. The SMILES string of the molecule is CCOc1cc(C=NN(C)S(=O)(=O)c2ccc(C)cc2)cc2c1OCC([N+](=O)[O-])=C2. The predicted molar refractivity (Wildman–Crippen MR) is 112 cm³/mol. The molecule has 0 aliphatic carbocycles. The first kappa shape index (κ1) is 21.3. The monoisotopic (exact) mass is 431 g/mol. The number of ether oxygens (including phenoxy) is 2. The highest BCUT2D eigenvalue weighted by Crippen LogP contribution is 2.37. The Kier molecular flexibility index (Phi) is 6.06. The molecule has 3 rings (SSSR count). The molecule has 0 N–H and O–H groups in total. The number of nitro groups is 1. The van der Waals surface area contributed by atoms with E-state index in [0.29, 0.717) is 29.2 Å². The van der Waals surface area contributed by atoms with Gasteiger partial charge in [-0.2, -0.15) is 17.9 Å². The Bertz CT molecular complexity index is 1120. The van der Waals surface area contributed by atoms with Crippen molar-refractivity contribution >= 4 is 22.3 Å². The lowest BCUT2D eigenvalue weighted by atomic mass is 10.1. The number of hydrogen-bond donors (Lipinski definition) is 0. The summed E-state index contributed by atoms with van der Waals surface area (Å²) in [6, 6.07) is 9.72. The molecule has 0 aromatic heterocycles. The van der Waals surface area contributed by atoms with E-state index in [2.05, 4.69) is 5.10 Å². The minimum atomic E-state index is -3.81. The fraction of sp³-hybridized carbons (Fsp3) is 0.250. The van der Waals surface area contributed by atoms with E-state index in [9.17, 15) is 18.5 Å². The molecule has 2 aromatic carbocycles. The third-order valence-electron chi connectivity index (χ3n) is 4.36. The molecule has 0 saturated heterocycles. The van der Waals surface area contributed by atoms with Gasteiger partial charge < -0.3 is 9.47 Å². The van der Waals surface area contributed by atoms with Crippen LogP contribution in [0, 0.1) is 17.0 Å². The molecule has 158 valence electrons. The number of benzene rings is 2. The topological polar surface area (TPSA) is 111 Å². The zero-order chi connectivity index (χ0) is 21.9. The molecule has 0 saturated carbocycles. The minimum Gasteiger partial charge on any atom is -0.490 e. The molecule has 1 heterocycles. The van der Waals surface area contributed by atoms with Crippen LogP contribution in [0.5, 0.6) is 11.5 Å². The van der Waals surface area contributed by atoms with Crippen LogP contribution >= 0.6 is 0 Å². The summed E-state index contributed by atoms with van der Waals surface area (Å²) < 4.78 is 37.3. The number of hydrogen-bond acceptors (Lipinski definition) is 7. The summed E-state index contributed by atoms with van der Waals surface area (Å²) in [5.74, 6) is 0.805. The molecule has 9 nitrogen and oxygen atoms in total. The predicted octanol–water partition coefficient (Wildman–Crippen LogP) is 3.06. The summed E-state index contributed by atoms with van der Waals surface area (Å²) in [5.41, 5.74) is 1.83. The molecule has 0 radical (unpaired) electrons. The van der Waals surface area contributed by atoms with Crippen molar-refractivity contribution in [1.82, 2.24) is 4.41 Å². The molecule has 2 aromatic rings. The molecular formula is C20H21N3O6S. The molecule has 0 bridgehead atoms. The van der Waals surface area contributed by atoms with Gasteiger partial charge in [0.1, 0.15) is 0 Å². The van der Waals surface area contributed by atoms with Crippen molar-refractivity contribution in [2.75, 3.05) is 20.3 Å². The number of sulfonamides is 1. The zero-order valence-electron chi connectivity index (χ0n) is 16.7. The van der Waals surface area contributed by atoms with Crippen molar-refractivity contribution in [3.05, 3.63) is 68.9 Å². The molecular weight excluding hydrogens is 410 g/mol. The molecule has 1 aliphatic heterocycles. The Hall–Kier alpha value is -3.40. The zero-order valence-corrected chi connectivity index (χ0v) is 17.5. The van der Waals surface area contributed by atoms with Gasteiger partial charge in [0, 0.05) is 18.7 Å². The van der Waals surface area contributed by atoms with Gasteiger partial charge in [0.05, 0.1) is 22.6 Å². The molecule has 0 spiro atoms. The van der Waals surface area contributed by atoms with Gasteiger partial charge in [0.15, 0.2) is 18.1 Å². The summed E-state index contributed by atoms with van der Waals surface area (Å²) in [6.07, 6.45) is 2.76. The van der Waals surface area contributed by atoms with Gasteiger partial charge in [-0.05, 0) is 43.7 Å². The van der Waals surface area contributed by atoms with Crippen LogP contribution in [0.4, 0.5) is 0 Å². The first-order chi connectivity index (χ1) is 14.2. The summed E-state index contributed by atoms with van der Waals surface area (Å²) in [4.78, 5) is 10.7. The van der Waals surface area contributed by atoms with Crippen molar-refractivity contribution in [2.24, 2.45) is 5.10 Å². The van der Waals surface area contributed by atoms with Crippen molar-refractivity contribution in [2.45, 2.75) is 18.7 Å². The number of rotatable bonds is 7. The highest BCUT2D eigenvalue weighted by atomic mass is 32.2. The van der Waals surface area contributed by atoms with Crippen LogP contribution in [0.15, 0.2) is 52.1 Å². The van der Waals surface area contributed by atoms with E-state index in [1.165, 1.54) is 31.5 Å². The summed E-state index contributed by atoms with van der Waals surface area (Å²) in [7, 11) is -2.47. The Labute approximate surface area is 174 Å². The second-order valence-corrected chi connectivity index (χ2v) is 8.50. The van der Waals surface area contributed by atoms with Gasteiger partial charge in [-0.1, -0.05) is 17.7 Å².